The number of nitrogens with two attached hydrogens (primary N) is 1. The van der Waals surface area contributed by atoms with Crippen molar-refractivity contribution in [3.05, 3.63) is 35.4 Å². The summed E-state index contributed by atoms with van der Waals surface area (Å²) in [6.45, 7) is 2.61. The third-order valence-corrected chi connectivity index (χ3v) is 4.34. The van der Waals surface area contributed by atoms with E-state index in [1.807, 2.05) is 0 Å². The van der Waals surface area contributed by atoms with Crippen molar-refractivity contribution in [2.75, 3.05) is 6.54 Å². The topological polar surface area (TPSA) is 212 Å². The second kappa shape index (κ2) is 12.0. The van der Waals surface area contributed by atoms with E-state index in [1.54, 1.807) is 38.1 Å². The second-order valence-corrected chi connectivity index (χ2v) is 7.35. The molecule has 32 heavy (non-hydrogen) atoms. The monoisotopic (exact) mass is 449 g/mol. The van der Waals surface area contributed by atoms with Crippen molar-refractivity contribution in [2.45, 2.75) is 38.8 Å². The van der Waals surface area contributed by atoms with Gasteiger partial charge in [-0.3, -0.25) is 24.6 Å². The van der Waals surface area contributed by atoms with Crippen molar-refractivity contribution in [3.8, 4) is 0 Å². The molecule has 12 nitrogen and oxygen atoms in total. The summed E-state index contributed by atoms with van der Waals surface area (Å²) in [5.41, 5.74) is 6.47. The number of aliphatic carboxylic acids is 2. The maximum atomic E-state index is 12.3. The lowest BCUT2D eigenvalue weighted by Crippen LogP contribution is -2.54. The molecule has 0 aliphatic heterocycles. The third kappa shape index (κ3) is 8.81. The maximum Gasteiger partial charge on any atom is 0.326 e. The summed E-state index contributed by atoms with van der Waals surface area (Å²) in [6.07, 6.45) is -0.822. The smallest absolute Gasteiger partial charge is 0.326 e. The zero-order valence-electron chi connectivity index (χ0n) is 17.7. The number of hydrogen-bond donors (Lipinski definition) is 7. The molecule has 0 saturated carbocycles. The first-order chi connectivity index (χ1) is 14.9. The van der Waals surface area contributed by atoms with Crippen LogP contribution in [0.15, 0.2) is 24.3 Å². The molecule has 0 radical (unpaired) electrons. The van der Waals surface area contributed by atoms with Crippen LogP contribution in [-0.4, -0.2) is 64.3 Å². The Morgan fingerprint density at radius 2 is 1.59 bits per heavy atom. The van der Waals surface area contributed by atoms with Gasteiger partial charge in [0.1, 0.15) is 17.9 Å². The maximum absolute atomic E-state index is 12.3. The normalized spacial score (nSPS) is 12.3. The zero-order valence-corrected chi connectivity index (χ0v) is 17.7. The molecule has 0 fully saturated rings. The number of amides is 3. The van der Waals surface area contributed by atoms with Gasteiger partial charge in [-0.1, -0.05) is 38.1 Å². The first-order valence-corrected chi connectivity index (χ1v) is 9.65. The van der Waals surface area contributed by atoms with Crippen LogP contribution in [0.1, 0.15) is 31.4 Å². The van der Waals surface area contributed by atoms with Gasteiger partial charge in [0.05, 0.1) is 19.4 Å². The number of benzene rings is 1. The average Bonchev–Trinajstić information content (AvgIpc) is 2.69. The molecule has 12 heteroatoms. The molecule has 0 bridgehead atoms. The SMILES string of the molecule is CC(C)[C@H](NC(=O)[C@H](CC(=O)O)NC(=O)CNC(=O)Cc1ccc(C(=N)N)cc1)C(=O)O. The summed E-state index contributed by atoms with van der Waals surface area (Å²) in [7, 11) is 0. The van der Waals surface area contributed by atoms with Gasteiger partial charge in [0, 0.05) is 5.56 Å². The van der Waals surface area contributed by atoms with Crippen molar-refractivity contribution >= 4 is 35.5 Å². The number of rotatable bonds is 12. The highest BCUT2D eigenvalue weighted by atomic mass is 16.4. The molecule has 0 heterocycles. The van der Waals surface area contributed by atoms with Crippen molar-refractivity contribution < 1.29 is 34.2 Å². The van der Waals surface area contributed by atoms with E-state index >= 15 is 0 Å². The minimum atomic E-state index is -1.52. The molecule has 0 aromatic heterocycles. The number of amidine groups is 1. The summed E-state index contributed by atoms with van der Waals surface area (Å²) in [4.78, 5) is 58.8. The Morgan fingerprint density at radius 1 is 1.00 bits per heavy atom. The Balaban J connectivity index is 2.65. The van der Waals surface area contributed by atoms with Gasteiger partial charge in [-0.25, -0.2) is 4.79 Å². The van der Waals surface area contributed by atoms with Crippen molar-refractivity contribution in [1.29, 1.82) is 5.41 Å². The fraction of sp³-hybridized carbons (Fsp3) is 0.400. The molecule has 0 aliphatic rings. The lowest BCUT2D eigenvalue weighted by atomic mass is 10.0. The Bertz CT molecular complexity index is 883. The molecular weight excluding hydrogens is 422 g/mol. The van der Waals surface area contributed by atoms with Gasteiger partial charge in [0.15, 0.2) is 0 Å². The van der Waals surface area contributed by atoms with Crippen LogP contribution in [0.5, 0.6) is 0 Å². The van der Waals surface area contributed by atoms with Crippen LogP contribution in [0, 0.1) is 11.3 Å². The number of nitrogens with one attached hydrogen (secondary N) is 4. The molecule has 3 amide bonds. The number of hydrogen-bond acceptors (Lipinski definition) is 6. The minimum Gasteiger partial charge on any atom is -0.481 e. The Hall–Kier alpha value is -3.96. The van der Waals surface area contributed by atoms with E-state index in [1.165, 1.54) is 0 Å². The van der Waals surface area contributed by atoms with Gasteiger partial charge in [-0.05, 0) is 11.5 Å². The largest absolute Gasteiger partial charge is 0.481 e. The highest BCUT2D eigenvalue weighted by molar-refractivity contribution is 5.95. The summed E-state index contributed by atoms with van der Waals surface area (Å²) in [5.74, 6) is -5.53. The van der Waals surface area contributed by atoms with Crippen molar-refractivity contribution in [3.63, 3.8) is 0 Å². The van der Waals surface area contributed by atoms with Crippen LogP contribution >= 0.6 is 0 Å². The average molecular weight is 449 g/mol. The Morgan fingerprint density at radius 3 is 2.06 bits per heavy atom. The van der Waals surface area contributed by atoms with Gasteiger partial charge >= 0.3 is 11.9 Å². The van der Waals surface area contributed by atoms with Crippen molar-refractivity contribution in [2.24, 2.45) is 11.7 Å². The van der Waals surface area contributed by atoms with E-state index in [-0.39, 0.29) is 12.3 Å². The number of nitrogen functional groups attached to an aromatic ring is 1. The van der Waals surface area contributed by atoms with Gasteiger partial charge in [-0.2, -0.15) is 0 Å². The van der Waals surface area contributed by atoms with Crippen LogP contribution in [0.4, 0.5) is 0 Å². The molecular formula is C20H27N5O7. The number of carboxylic acids is 2. The highest BCUT2D eigenvalue weighted by Crippen LogP contribution is 2.05. The third-order valence-electron chi connectivity index (χ3n) is 4.34. The molecule has 1 aromatic carbocycles. The summed E-state index contributed by atoms with van der Waals surface area (Å²) < 4.78 is 0. The lowest BCUT2D eigenvalue weighted by Gasteiger charge is -2.22. The van der Waals surface area contributed by atoms with E-state index in [9.17, 15) is 24.0 Å². The predicted octanol–water partition coefficient (Wildman–Crippen LogP) is -1.19. The first-order valence-electron chi connectivity index (χ1n) is 9.65. The van der Waals surface area contributed by atoms with E-state index in [0.29, 0.717) is 11.1 Å². The van der Waals surface area contributed by atoms with Gasteiger partial charge < -0.3 is 31.9 Å². The summed E-state index contributed by atoms with van der Waals surface area (Å²) >= 11 is 0. The van der Waals surface area contributed by atoms with Crippen LogP contribution in [0.2, 0.25) is 0 Å². The van der Waals surface area contributed by atoms with Crippen molar-refractivity contribution in [1.82, 2.24) is 16.0 Å². The molecule has 1 aromatic rings. The minimum absolute atomic E-state index is 0.0564. The molecule has 174 valence electrons. The van der Waals surface area contributed by atoms with Crippen LogP contribution < -0.4 is 21.7 Å². The van der Waals surface area contributed by atoms with Gasteiger partial charge in [0.25, 0.3) is 0 Å². The molecule has 0 spiro atoms. The highest BCUT2D eigenvalue weighted by Gasteiger charge is 2.29. The quantitative estimate of drug-likeness (QED) is 0.152. The van der Waals surface area contributed by atoms with Crippen LogP contribution in [0.25, 0.3) is 0 Å². The van der Waals surface area contributed by atoms with E-state index in [0.717, 1.165) is 0 Å². The first kappa shape index (κ1) is 26.1. The summed E-state index contributed by atoms with van der Waals surface area (Å²) in [5, 5.41) is 32.2. The Kier molecular flexibility index (Phi) is 9.80. The molecule has 0 aliphatic carbocycles. The molecule has 0 saturated heterocycles. The predicted molar refractivity (Wildman–Crippen MR) is 113 cm³/mol. The Labute approximate surface area is 184 Å². The fourth-order valence-electron chi connectivity index (χ4n) is 2.63. The van der Waals surface area contributed by atoms with E-state index < -0.39 is 60.6 Å². The molecule has 0 unspecified atom stereocenters. The fourth-order valence-corrected chi connectivity index (χ4v) is 2.63. The van der Waals surface area contributed by atoms with Gasteiger partial charge in [-0.15, -0.1) is 0 Å². The van der Waals surface area contributed by atoms with E-state index in [2.05, 4.69) is 16.0 Å². The molecule has 8 N–H and O–H groups in total. The van der Waals surface area contributed by atoms with Gasteiger partial charge in [0.2, 0.25) is 17.7 Å². The number of carboxylic acid groups (broad SMARTS) is 2. The number of carbonyl (C=O) groups is 5. The lowest BCUT2D eigenvalue weighted by molar-refractivity contribution is -0.144. The van der Waals surface area contributed by atoms with E-state index in [4.69, 9.17) is 21.4 Å². The summed E-state index contributed by atoms with van der Waals surface area (Å²) in [6, 6.07) is 3.60. The number of carbonyl (C=O) groups excluding carboxylic acids is 3. The molecule has 1 rings (SSSR count). The zero-order chi connectivity index (χ0) is 24.4. The van der Waals surface area contributed by atoms with Crippen LogP contribution in [0.3, 0.4) is 0 Å². The molecule has 2 atom stereocenters. The standard InChI is InChI=1S/C20H27N5O7/c1-10(2)17(20(31)32)25-19(30)13(8-16(28)29)24-15(27)9-23-14(26)7-11-3-5-12(6-4-11)18(21)22/h3-6,10,13,17H,7-9H2,1-2H3,(H3,21,22)(H,23,26)(H,24,27)(H,25,30)(H,28,29)(H,31,32)/t13-,17-/m0/s1. The second-order valence-electron chi connectivity index (χ2n) is 7.35. The van der Waals surface area contributed by atoms with Crippen LogP contribution in [-0.2, 0) is 30.4 Å².